The monoisotopic (exact) mass is 989 g/mol. The Hall–Kier alpha value is -8.63. The van der Waals surface area contributed by atoms with Crippen molar-refractivity contribution in [2.24, 2.45) is 44.4 Å². The number of guanidine groups is 2. The van der Waals surface area contributed by atoms with Gasteiger partial charge in [-0.05, 0) is 73.9 Å². The van der Waals surface area contributed by atoms with Crippen LogP contribution < -0.4 is 61.0 Å². The van der Waals surface area contributed by atoms with E-state index in [1.54, 1.807) is 72.9 Å². The molecule has 382 valence electrons. The molecule has 5 rings (SSSR count). The summed E-state index contributed by atoms with van der Waals surface area (Å²) in [5.74, 6) is -6.50. The van der Waals surface area contributed by atoms with Crippen LogP contribution in [0.5, 0.6) is 0 Å². The van der Waals surface area contributed by atoms with Gasteiger partial charge in [0.15, 0.2) is 11.9 Å². The second-order valence-corrected chi connectivity index (χ2v) is 17.2. The van der Waals surface area contributed by atoms with E-state index in [-0.39, 0.29) is 82.1 Å². The summed E-state index contributed by atoms with van der Waals surface area (Å²) in [6.07, 6.45) is 2.00. The lowest BCUT2D eigenvalue weighted by molar-refractivity contribution is -0.142. The van der Waals surface area contributed by atoms with Gasteiger partial charge in [0.2, 0.25) is 41.4 Å². The Balaban J connectivity index is 1.40. The van der Waals surface area contributed by atoms with Crippen molar-refractivity contribution >= 4 is 70.1 Å². The first-order valence-electron chi connectivity index (χ1n) is 23.4. The Morgan fingerprint density at radius 1 is 0.611 bits per heavy atom. The van der Waals surface area contributed by atoms with Crippen LogP contribution in [0, 0.1) is 0 Å². The molecular formula is C49H63N15O8. The third-order valence-corrected chi connectivity index (χ3v) is 11.7. The molecule has 3 aromatic carbocycles. The van der Waals surface area contributed by atoms with Crippen LogP contribution in [0.25, 0.3) is 10.9 Å². The molecule has 1 aromatic heterocycles. The van der Waals surface area contributed by atoms with Crippen LogP contribution in [0.2, 0.25) is 0 Å². The molecule has 0 aliphatic carbocycles. The van der Waals surface area contributed by atoms with Crippen LogP contribution in [0.3, 0.4) is 0 Å². The van der Waals surface area contributed by atoms with E-state index in [9.17, 15) is 38.4 Å². The van der Waals surface area contributed by atoms with Gasteiger partial charge in [0.1, 0.15) is 36.3 Å². The second-order valence-electron chi connectivity index (χ2n) is 17.2. The first-order chi connectivity index (χ1) is 34.5. The minimum Gasteiger partial charge on any atom is -0.370 e. The summed E-state index contributed by atoms with van der Waals surface area (Å²) in [7, 11) is 0. The molecule has 23 heteroatoms. The molecule has 4 aromatic rings. The van der Waals surface area contributed by atoms with Gasteiger partial charge >= 0.3 is 0 Å². The molecule has 8 amide bonds. The van der Waals surface area contributed by atoms with Gasteiger partial charge in [-0.15, -0.1) is 0 Å². The number of fused-ring (bicyclic) bond motifs is 1. The lowest BCUT2D eigenvalue weighted by atomic mass is 10.0. The Morgan fingerprint density at radius 2 is 1.15 bits per heavy atom. The van der Waals surface area contributed by atoms with Crippen molar-refractivity contribution < 1.29 is 38.4 Å². The van der Waals surface area contributed by atoms with Gasteiger partial charge in [-0.25, -0.2) is 0 Å². The predicted molar refractivity (Wildman–Crippen MR) is 269 cm³/mol. The van der Waals surface area contributed by atoms with Gasteiger partial charge in [-0.1, -0.05) is 66.7 Å². The average Bonchev–Trinajstić information content (AvgIpc) is 3.85. The van der Waals surface area contributed by atoms with Crippen LogP contribution in [0.1, 0.15) is 66.4 Å². The van der Waals surface area contributed by atoms with Crippen molar-refractivity contribution in [2.75, 3.05) is 19.6 Å². The van der Waals surface area contributed by atoms with Crippen molar-refractivity contribution in [3.8, 4) is 0 Å². The summed E-state index contributed by atoms with van der Waals surface area (Å²) in [6.45, 7) is 0.262. The largest absolute Gasteiger partial charge is 0.370 e. The minimum absolute atomic E-state index is 0.00362. The average molecular weight is 990 g/mol. The van der Waals surface area contributed by atoms with Gasteiger partial charge in [0, 0.05) is 49.6 Å². The van der Waals surface area contributed by atoms with Gasteiger partial charge in [-0.2, -0.15) is 0 Å². The standard InChI is InChI=1S/C49H63N15O8/c50-40(65)28-36(41(51)66)61-43(68)34(16-8-22-57-48(52)53)59-46(71)39-18-10-24-64(39)47(72)35(17-9-23-58-49(54)55)60-44(69)38(26-30-13-5-2-6-14-30)63-45(70)37(25-29-11-3-1-4-12-29)62-42(67)32-19-20-33-31(27-32)15-7-21-56-33/h1-7,11-15,19-21,27,34-39H,8-10,16-18,22-26,28H2,(H2,50,65)(H2,51,66)(H,59,71)(H,60,69)(H,61,68)(H,62,67)(H,63,70)(H4,52,53,57)(H4,54,55,58)/t34-,35-,36-,37-,38-,39-/m0/s1. The van der Waals surface area contributed by atoms with Crippen LogP contribution in [0.15, 0.2) is 107 Å². The molecule has 6 atom stereocenters. The molecule has 1 fully saturated rings. The summed E-state index contributed by atoms with van der Waals surface area (Å²) < 4.78 is 0. The summed E-state index contributed by atoms with van der Waals surface area (Å²) in [5.41, 5.74) is 35.1. The summed E-state index contributed by atoms with van der Waals surface area (Å²) in [5, 5.41) is 14.3. The topological polar surface area (TPSA) is 394 Å². The van der Waals surface area contributed by atoms with E-state index >= 15 is 0 Å². The predicted octanol–water partition coefficient (Wildman–Crippen LogP) is -1.78. The molecule has 1 saturated heterocycles. The van der Waals surface area contributed by atoms with E-state index < -0.39 is 89.9 Å². The molecule has 0 radical (unpaired) electrons. The number of nitrogens with zero attached hydrogens (tertiary/aromatic N) is 4. The number of carbonyl (C=O) groups is 8. The van der Waals surface area contributed by atoms with Crippen molar-refractivity contribution in [3.05, 3.63) is 114 Å². The number of aliphatic imine (C=N–C) groups is 2. The number of amides is 8. The van der Waals surface area contributed by atoms with E-state index in [0.29, 0.717) is 17.5 Å². The molecule has 23 nitrogen and oxygen atoms in total. The first-order valence-corrected chi connectivity index (χ1v) is 23.4. The lowest BCUT2D eigenvalue weighted by Gasteiger charge is -2.31. The van der Waals surface area contributed by atoms with Crippen LogP contribution in [0.4, 0.5) is 0 Å². The molecule has 2 heterocycles. The van der Waals surface area contributed by atoms with Gasteiger partial charge in [-0.3, -0.25) is 53.3 Å². The zero-order valence-electron chi connectivity index (χ0n) is 39.7. The minimum atomic E-state index is -1.47. The smallest absolute Gasteiger partial charge is 0.251 e. The van der Waals surface area contributed by atoms with Gasteiger partial charge in [0.05, 0.1) is 11.9 Å². The molecule has 0 bridgehead atoms. The molecule has 0 spiro atoms. The number of hydrogen-bond acceptors (Lipinski definition) is 11. The van der Waals surface area contributed by atoms with E-state index in [1.807, 2.05) is 24.3 Å². The number of benzene rings is 3. The Kier molecular flexibility index (Phi) is 20.3. The van der Waals surface area contributed by atoms with E-state index in [1.165, 1.54) is 4.90 Å². The van der Waals surface area contributed by atoms with Crippen molar-refractivity contribution in [1.82, 2.24) is 36.5 Å². The Labute approximate surface area is 415 Å². The van der Waals surface area contributed by atoms with Crippen LogP contribution >= 0.6 is 0 Å². The van der Waals surface area contributed by atoms with Crippen molar-refractivity contribution in [3.63, 3.8) is 0 Å². The van der Waals surface area contributed by atoms with Gasteiger partial charge in [0.25, 0.3) is 5.91 Å². The zero-order valence-corrected chi connectivity index (χ0v) is 39.7. The third-order valence-electron chi connectivity index (χ3n) is 11.7. The fourth-order valence-corrected chi connectivity index (χ4v) is 8.12. The van der Waals surface area contributed by atoms with Crippen LogP contribution in [-0.2, 0) is 46.4 Å². The molecular weight excluding hydrogens is 927 g/mol. The number of likely N-dealkylation sites (tertiary alicyclic amines) is 1. The molecule has 0 saturated carbocycles. The number of pyridine rings is 1. The van der Waals surface area contributed by atoms with E-state index in [2.05, 4.69) is 41.6 Å². The quantitative estimate of drug-likeness (QED) is 0.0189. The number of aromatic nitrogens is 1. The Morgan fingerprint density at radius 3 is 1.72 bits per heavy atom. The maximum Gasteiger partial charge on any atom is 0.251 e. The molecule has 1 aliphatic heterocycles. The first kappa shape index (κ1) is 54.3. The molecule has 72 heavy (non-hydrogen) atoms. The highest BCUT2D eigenvalue weighted by Gasteiger charge is 2.40. The number of nitrogens with one attached hydrogen (secondary N) is 5. The normalized spacial score (nSPS) is 15.1. The third kappa shape index (κ3) is 16.8. The summed E-state index contributed by atoms with van der Waals surface area (Å²) in [4.78, 5) is 123. The van der Waals surface area contributed by atoms with E-state index in [4.69, 9.17) is 34.4 Å². The highest BCUT2D eigenvalue weighted by atomic mass is 16.2. The maximum atomic E-state index is 14.7. The number of nitrogens with two attached hydrogens (primary N) is 6. The fourth-order valence-electron chi connectivity index (χ4n) is 8.12. The summed E-state index contributed by atoms with van der Waals surface area (Å²) in [6, 6.07) is 18.8. The van der Waals surface area contributed by atoms with Gasteiger partial charge < -0.3 is 65.9 Å². The molecule has 0 unspecified atom stereocenters. The summed E-state index contributed by atoms with van der Waals surface area (Å²) >= 11 is 0. The van der Waals surface area contributed by atoms with Crippen molar-refractivity contribution in [1.29, 1.82) is 0 Å². The lowest BCUT2D eigenvalue weighted by Crippen LogP contribution is -2.60. The van der Waals surface area contributed by atoms with E-state index in [0.717, 1.165) is 10.9 Å². The molecule has 1 aliphatic rings. The van der Waals surface area contributed by atoms with Crippen LogP contribution in [-0.4, -0.2) is 125 Å². The number of hydrogen-bond donors (Lipinski definition) is 11. The maximum absolute atomic E-state index is 14.7. The van der Waals surface area contributed by atoms with Crippen molar-refractivity contribution in [2.45, 2.75) is 94.0 Å². The Bertz CT molecular complexity index is 2610. The fraction of sp³-hybridized carbons (Fsp3) is 0.367. The highest BCUT2D eigenvalue weighted by Crippen LogP contribution is 2.21. The number of carbonyl (C=O) groups excluding carboxylic acids is 8. The second kappa shape index (κ2) is 26.9. The zero-order chi connectivity index (χ0) is 52.2. The molecule has 17 N–H and O–H groups in total. The number of primary amides is 2. The highest BCUT2D eigenvalue weighted by molar-refractivity contribution is 6.01. The SMILES string of the molecule is NC(=O)C[C@H](NC(=O)[C@H](CCCN=C(N)N)NC(=O)[C@@H]1CCCN1C(=O)[C@H](CCCN=C(N)N)NC(=O)[C@H](Cc1ccccc1)NC(=O)[C@H](Cc1ccccc1)NC(=O)c1ccc2ncccc2c1)C(N)=O. The number of rotatable bonds is 26.